The third-order valence-electron chi connectivity index (χ3n) is 5.07. The molecule has 0 heteroatoms. The fourth-order valence-corrected chi connectivity index (χ4v) is 3.91. The van der Waals surface area contributed by atoms with E-state index in [2.05, 4.69) is 73.7 Å². The maximum absolute atomic E-state index is 2.37. The zero-order valence-corrected chi connectivity index (χ0v) is 12.6. The molecule has 5 rings (SSSR count). The van der Waals surface area contributed by atoms with Gasteiger partial charge in [-0.15, -0.1) is 0 Å². The molecule has 0 aliphatic heterocycles. The number of hydrogen-bond acceptors (Lipinski definition) is 0. The van der Waals surface area contributed by atoms with Crippen molar-refractivity contribution in [3.8, 4) is 11.1 Å². The molecule has 4 aromatic carbocycles. The molecule has 0 fully saturated rings. The SMILES string of the molecule is Cc1c2c(cc3ccccc13)-c1cc3ccccc3cc1C2. The molecule has 1 aliphatic rings. The lowest BCUT2D eigenvalue weighted by atomic mass is 9.95. The fraction of sp³-hybridized carbons (Fsp3) is 0.0909. The van der Waals surface area contributed by atoms with E-state index in [1.54, 1.807) is 0 Å². The maximum atomic E-state index is 2.37. The highest BCUT2D eigenvalue weighted by Gasteiger charge is 2.22. The van der Waals surface area contributed by atoms with E-state index in [9.17, 15) is 0 Å². The number of rotatable bonds is 0. The largest absolute Gasteiger partial charge is 0.0616 e. The molecule has 0 bridgehead atoms. The van der Waals surface area contributed by atoms with E-state index in [0.29, 0.717) is 0 Å². The number of hydrogen-bond donors (Lipinski definition) is 0. The van der Waals surface area contributed by atoms with E-state index in [4.69, 9.17) is 0 Å². The minimum atomic E-state index is 1.06. The Morgan fingerprint density at radius 2 is 1.32 bits per heavy atom. The van der Waals surface area contributed by atoms with Crippen molar-refractivity contribution >= 4 is 21.5 Å². The van der Waals surface area contributed by atoms with Gasteiger partial charge in [-0.25, -0.2) is 0 Å². The first-order valence-electron chi connectivity index (χ1n) is 7.84. The van der Waals surface area contributed by atoms with Gasteiger partial charge in [0.1, 0.15) is 0 Å². The molecule has 0 saturated carbocycles. The standard InChI is InChI=1S/C22H16/c1-14-19-9-5-4-8-17(19)12-22-20(14)13-18-10-15-6-2-3-7-16(15)11-21(18)22/h2-12H,13H2,1H3. The molecule has 4 aromatic rings. The van der Waals surface area contributed by atoms with Gasteiger partial charge in [-0.3, -0.25) is 0 Å². The summed E-state index contributed by atoms with van der Waals surface area (Å²) in [6.45, 7) is 2.27. The Balaban J connectivity index is 1.87. The van der Waals surface area contributed by atoms with Crippen molar-refractivity contribution in [2.75, 3.05) is 0 Å². The molecular formula is C22H16. The predicted molar refractivity (Wildman–Crippen MR) is 94.4 cm³/mol. The van der Waals surface area contributed by atoms with Crippen molar-refractivity contribution < 1.29 is 0 Å². The quantitative estimate of drug-likeness (QED) is 0.332. The Morgan fingerprint density at radius 1 is 0.682 bits per heavy atom. The summed E-state index contributed by atoms with van der Waals surface area (Å²) < 4.78 is 0. The molecule has 0 unspecified atom stereocenters. The Morgan fingerprint density at radius 3 is 2.14 bits per heavy atom. The van der Waals surface area contributed by atoms with Crippen molar-refractivity contribution in [3.05, 3.63) is 83.4 Å². The summed E-state index contributed by atoms with van der Waals surface area (Å²) in [6, 6.07) is 24.5. The normalized spacial score (nSPS) is 12.6. The molecule has 0 N–H and O–H groups in total. The zero-order valence-electron chi connectivity index (χ0n) is 12.6. The van der Waals surface area contributed by atoms with E-state index in [1.807, 2.05) is 0 Å². The van der Waals surface area contributed by atoms with Gasteiger partial charge in [-0.2, -0.15) is 0 Å². The van der Waals surface area contributed by atoms with Crippen LogP contribution < -0.4 is 0 Å². The smallest absolute Gasteiger partial charge is 0.00104 e. The average molecular weight is 280 g/mol. The molecule has 0 radical (unpaired) electrons. The first-order valence-corrected chi connectivity index (χ1v) is 7.84. The van der Waals surface area contributed by atoms with Gasteiger partial charge < -0.3 is 0 Å². The second kappa shape index (κ2) is 4.20. The Hall–Kier alpha value is -2.60. The second-order valence-corrected chi connectivity index (χ2v) is 6.28. The van der Waals surface area contributed by atoms with Gasteiger partial charge in [0.2, 0.25) is 0 Å². The summed E-state index contributed by atoms with van der Waals surface area (Å²) in [4.78, 5) is 0. The highest BCUT2D eigenvalue weighted by molar-refractivity contribution is 5.98. The first kappa shape index (κ1) is 12.0. The number of aryl methyl sites for hydroxylation is 1. The summed E-state index contributed by atoms with van der Waals surface area (Å²) in [6.07, 6.45) is 1.06. The lowest BCUT2D eigenvalue weighted by Crippen LogP contribution is -1.88. The van der Waals surface area contributed by atoms with Crippen LogP contribution in [0.5, 0.6) is 0 Å². The van der Waals surface area contributed by atoms with Crippen LogP contribution in [0.15, 0.2) is 66.7 Å². The molecule has 104 valence electrons. The Labute approximate surface area is 130 Å². The monoisotopic (exact) mass is 280 g/mol. The van der Waals surface area contributed by atoms with Crippen molar-refractivity contribution in [2.24, 2.45) is 0 Å². The summed E-state index contributed by atoms with van der Waals surface area (Å²) in [5, 5.41) is 5.41. The van der Waals surface area contributed by atoms with Gasteiger partial charge >= 0.3 is 0 Å². The minimum absolute atomic E-state index is 1.06. The van der Waals surface area contributed by atoms with Crippen LogP contribution in [-0.4, -0.2) is 0 Å². The molecule has 0 spiro atoms. The highest BCUT2D eigenvalue weighted by Crippen LogP contribution is 2.42. The van der Waals surface area contributed by atoms with Crippen LogP contribution in [0, 0.1) is 6.92 Å². The van der Waals surface area contributed by atoms with E-state index in [0.717, 1.165) is 6.42 Å². The van der Waals surface area contributed by atoms with Crippen molar-refractivity contribution in [2.45, 2.75) is 13.3 Å². The number of benzene rings is 4. The maximum Gasteiger partial charge on any atom is -0.00104 e. The molecule has 0 heterocycles. The van der Waals surface area contributed by atoms with E-state index >= 15 is 0 Å². The van der Waals surface area contributed by atoms with Crippen molar-refractivity contribution in [1.29, 1.82) is 0 Å². The lowest BCUT2D eigenvalue weighted by molar-refractivity contribution is 1.23. The predicted octanol–water partition coefficient (Wildman–Crippen LogP) is 5.87. The second-order valence-electron chi connectivity index (χ2n) is 6.28. The third-order valence-corrected chi connectivity index (χ3v) is 5.07. The molecule has 1 aliphatic carbocycles. The van der Waals surface area contributed by atoms with Crippen LogP contribution >= 0.6 is 0 Å². The molecule has 0 aromatic heterocycles. The van der Waals surface area contributed by atoms with Crippen LogP contribution in [0.2, 0.25) is 0 Å². The van der Waals surface area contributed by atoms with Crippen LogP contribution in [-0.2, 0) is 6.42 Å². The highest BCUT2D eigenvalue weighted by atomic mass is 14.3. The van der Waals surface area contributed by atoms with Crippen LogP contribution in [0.4, 0.5) is 0 Å². The molecule has 0 nitrogen and oxygen atoms in total. The zero-order chi connectivity index (χ0) is 14.7. The van der Waals surface area contributed by atoms with Gasteiger partial charge in [-0.05, 0) is 74.8 Å². The van der Waals surface area contributed by atoms with Crippen molar-refractivity contribution in [1.82, 2.24) is 0 Å². The van der Waals surface area contributed by atoms with E-state index in [-0.39, 0.29) is 0 Å². The van der Waals surface area contributed by atoms with Gasteiger partial charge in [0.15, 0.2) is 0 Å². The van der Waals surface area contributed by atoms with Gasteiger partial charge in [0.05, 0.1) is 0 Å². The van der Waals surface area contributed by atoms with E-state index < -0.39 is 0 Å². The van der Waals surface area contributed by atoms with Crippen LogP contribution in [0.1, 0.15) is 16.7 Å². The average Bonchev–Trinajstić information content (AvgIpc) is 2.91. The van der Waals surface area contributed by atoms with Crippen LogP contribution in [0.25, 0.3) is 32.7 Å². The fourth-order valence-electron chi connectivity index (χ4n) is 3.91. The minimum Gasteiger partial charge on any atom is -0.0616 e. The third kappa shape index (κ3) is 1.52. The first-order chi connectivity index (χ1) is 10.8. The van der Waals surface area contributed by atoms with Crippen molar-refractivity contribution in [3.63, 3.8) is 0 Å². The van der Waals surface area contributed by atoms with Gasteiger partial charge in [-0.1, -0.05) is 54.6 Å². The number of fused-ring (bicyclic) bond motifs is 5. The topological polar surface area (TPSA) is 0 Å². The molecule has 0 amide bonds. The molecule has 22 heavy (non-hydrogen) atoms. The molecule has 0 saturated heterocycles. The lowest BCUT2D eigenvalue weighted by Gasteiger charge is -2.09. The Bertz CT molecular complexity index is 1050. The summed E-state index contributed by atoms with van der Waals surface area (Å²) in [5.74, 6) is 0. The van der Waals surface area contributed by atoms with Gasteiger partial charge in [0.25, 0.3) is 0 Å². The summed E-state index contributed by atoms with van der Waals surface area (Å²) >= 11 is 0. The van der Waals surface area contributed by atoms with Gasteiger partial charge in [0, 0.05) is 0 Å². The van der Waals surface area contributed by atoms with Crippen LogP contribution in [0.3, 0.4) is 0 Å². The summed E-state index contributed by atoms with van der Waals surface area (Å²) in [5.41, 5.74) is 7.25. The molecular weight excluding hydrogens is 264 g/mol. The summed E-state index contributed by atoms with van der Waals surface area (Å²) in [7, 11) is 0. The Kier molecular flexibility index (Phi) is 2.29. The molecule has 0 atom stereocenters. The van der Waals surface area contributed by atoms with E-state index in [1.165, 1.54) is 49.4 Å².